The number of nitro groups is 1. The van der Waals surface area contributed by atoms with Gasteiger partial charge in [-0.3, -0.25) is 14.9 Å². The summed E-state index contributed by atoms with van der Waals surface area (Å²) in [5, 5.41) is 11.0. The molecule has 6 nitrogen and oxygen atoms in total. The number of benzene rings is 1. The maximum absolute atomic E-state index is 11.5. The van der Waals surface area contributed by atoms with E-state index in [4.69, 9.17) is 9.47 Å². The molecule has 0 saturated carbocycles. The van der Waals surface area contributed by atoms with Crippen LogP contribution in [-0.4, -0.2) is 31.0 Å². The molecule has 0 aliphatic carbocycles. The first-order valence-electron chi connectivity index (χ1n) is 5.58. The Balaban J connectivity index is 3.09. The van der Waals surface area contributed by atoms with E-state index >= 15 is 0 Å². The lowest BCUT2D eigenvalue weighted by Crippen LogP contribution is -2.07. The summed E-state index contributed by atoms with van der Waals surface area (Å²) in [7, 11) is 1.56. The zero-order chi connectivity index (χ0) is 14.4. The molecular weight excluding hydrogens is 318 g/mol. The number of ketones is 1. The Morgan fingerprint density at radius 2 is 2.11 bits per heavy atom. The van der Waals surface area contributed by atoms with Crippen molar-refractivity contribution < 1.29 is 19.2 Å². The lowest BCUT2D eigenvalue weighted by molar-refractivity contribution is -0.386. The minimum Gasteiger partial charge on any atom is -0.486 e. The SMILES string of the molecule is COCCCOc1c(C(C)=O)cc(Br)cc1[N+](=O)[O-]. The van der Waals surface area contributed by atoms with Crippen molar-refractivity contribution >= 4 is 27.4 Å². The maximum Gasteiger partial charge on any atom is 0.312 e. The van der Waals surface area contributed by atoms with Crippen LogP contribution in [0.1, 0.15) is 23.7 Å². The summed E-state index contributed by atoms with van der Waals surface area (Å²) in [6.45, 7) is 2.07. The molecule has 1 aromatic rings. The standard InChI is InChI=1S/C12H14BrNO5/c1-8(15)10-6-9(13)7-11(14(16)17)12(10)19-5-3-4-18-2/h6-7H,3-5H2,1-2H3. The largest absolute Gasteiger partial charge is 0.486 e. The number of Topliss-reactive ketones (excluding diaryl/α,β-unsaturated/α-hetero) is 1. The van der Waals surface area contributed by atoms with Crippen LogP contribution in [0, 0.1) is 10.1 Å². The van der Waals surface area contributed by atoms with Gasteiger partial charge in [-0.15, -0.1) is 0 Å². The Bertz CT molecular complexity index is 454. The summed E-state index contributed by atoms with van der Waals surface area (Å²) in [5.41, 5.74) is -0.0320. The van der Waals surface area contributed by atoms with Gasteiger partial charge in [0.1, 0.15) is 0 Å². The van der Waals surface area contributed by atoms with Gasteiger partial charge in [-0.1, -0.05) is 15.9 Å². The van der Waals surface area contributed by atoms with Crippen LogP contribution < -0.4 is 4.74 Å². The number of methoxy groups -OCH3 is 1. The Morgan fingerprint density at radius 1 is 1.42 bits per heavy atom. The Morgan fingerprint density at radius 3 is 2.63 bits per heavy atom. The van der Waals surface area contributed by atoms with E-state index in [2.05, 4.69) is 15.9 Å². The van der Waals surface area contributed by atoms with Gasteiger partial charge in [0.25, 0.3) is 0 Å². The van der Waals surface area contributed by atoms with Crippen LogP contribution in [0.25, 0.3) is 0 Å². The van der Waals surface area contributed by atoms with E-state index in [0.717, 1.165) is 0 Å². The summed E-state index contributed by atoms with van der Waals surface area (Å²) in [5.74, 6) is -0.275. The van der Waals surface area contributed by atoms with Gasteiger partial charge in [0.15, 0.2) is 5.78 Å². The lowest BCUT2D eigenvalue weighted by atomic mass is 10.1. The summed E-state index contributed by atoms with van der Waals surface area (Å²) >= 11 is 3.14. The van der Waals surface area contributed by atoms with Crippen LogP contribution in [0.3, 0.4) is 0 Å². The average molecular weight is 332 g/mol. The molecule has 1 aromatic carbocycles. The van der Waals surface area contributed by atoms with Gasteiger partial charge >= 0.3 is 5.69 Å². The summed E-state index contributed by atoms with van der Waals surface area (Å²) < 4.78 is 10.7. The van der Waals surface area contributed by atoms with Crippen LogP contribution in [0.2, 0.25) is 0 Å². The summed E-state index contributed by atoms with van der Waals surface area (Å²) in [6, 6.07) is 2.83. The highest BCUT2D eigenvalue weighted by molar-refractivity contribution is 9.10. The highest BCUT2D eigenvalue weighted by atomic mass is 79.9. The second-order valence-corrected chi connectivity index (χ2v) is 4.73. The molecule has 19 heavy (non-hydrogen) atoms. The molecule has 0 bridgehead atoms. The van der Waals surface area contributed by atoms with Crippen LogP contribution in [0.15, 0.2) is 16.6 Å². The fourth-order valence-electron chi connectivity index (χ4n) is 1.51. The van der Waals surface area contributed by atoms with Crippen molar-refractivity contribution in [3.8, 4) is 5.75 Å². The second kappa shape index (κ2) is 7.20. The molecule has 0 spiro atoms. The average Bonchev–Trinajstić information content (AvgIpc) is 2.34. The van der Waals surface area contributed by atoms with Gasteiger partial charge in [0, 0.05) is 30.7 Å². The van der Waals surface area contributed by atoms with Crippen LogP contribution >= 0.6 is 15.9 Å². The van der Waals surface area contributed by atoms with E-state index < -0.39 is 4.92 Å². The molecular formula is C12H14BrNO5. The van der Waals surface area contributed by atoms with Crippen molar-refractivity contribution in [2.24, 2.45) is 0 Å². The van der Waals surface area contributed by atoms with Gasteiger partial charge in [-0.25, -0.2) is 0 Å². The summed E-state index contributed by atoms with van der Waals surface area (Å²) in [6.07, 6.45) is 0.584. The normalized spacial score (nSPS) is 10.3. The number of carbonyl (C=O) groups is 1. The molecule has 7 heteroatoms. The van der Waals surface area contributed by atoms with Crippen molar-refractivity contribution in [2.75, 3.05) is 20.3 Å². The van der Waals surface area contributed by atoms with Gasteiger partial charge in [-0.2, -0.15) is 0 Å². The molecule has 0 fully saturated rings. The fraction of sp³-hybridized carbons (Fsp3) is 0.417. The van der Waals surface area contributed by atoms with Crippen LogP contribution in [0.4, 0.5) is 5.69 Å². The number of hydrogen-bond acceptors (Lipinski definition) is 5. The topological polar surface area (TPSA) is 78.7 Å². The number of nitrogens with zero attached hydrogens (tertiary/aromatic N) is 1. The first-order chi connectivity index (χ1) is 8.97. The number of hydrogen-bond donors (Lipinski definition) is 0. The predicted molar refractivity (Wildman–Crippen MR) is 72.8 cm³/mol. The molecule has 0 atom stereocenters. The smallest absolute Gasteiger partial charge is 0.312 e. The first-order valence-corrected chi connectivity index (χ1v) is 6.37. The third kappa shape index (κ3) is 4.29. The van der Waals surface area contributed by atoms with E-state index in [0.29, 0.717) is 17.5 Å². The fourth-order valence-corrected chi connectivity index (χ4v) is 1.95. The second-order valence-electron chi connectivity index (χ2n) is 3.81. The molecule has 0 radical (unpaired) electrons. The molecule has 0 aliphatic rings. The molecule has 0 saturated heterocycles. The third-order valence-corrected chi connectivity index (χ3v) is 2.81. The van der Waals surface area contributed by atoms with E-state index in [1.54, 1.807) is 7.11 Å². The quantitative estimate of drug-likeness (QED) is 0.332. The monoisotopic (exact) mass is 331 g/mol. The van der Waals surface area contributed by atoms with Gasteiger partial charge in [0.05, 0.1) is 17.1 Å². The number of halogens is 1. The zero-order valence-electron chi connectivity index (χ0n) is 10.6. The molecule has 1 rings (SSSR count). The number of ether oxygens (including phenoxy) is 2. The minimum absolute atomic E-state index is 0.0109. The van der Waals surface area contributed by atoms with E-state index in [1.165, 1.54) is 19.1 Å². The first kappa shape index (κ1) is 15.6. The molecule has 0 aromatic heterocycles. The van der Waals surface area contributed by atoms with E-state index in [-0.39, 0.29) is 29.4 Å². The van der Waals surface area contributed by atoms with Gasteiger partial charge in [-0.05, 0) is 13.0 Å². The van der Waals surface area contributed by atoms with Crippen molar-refractivity contribution in [3.05, 3.63) is 32.3 Å². The van der Waals surface area contributed by atoms with Crippen LogP contribution in [0.5, 0.6) is 5.75 Å². The van der Waals surface area contributed by atoms with E-state index in [1.807, 2.05) is 0 Å². The van der Waals surface area contributed by atoms with Crippen molar-refractivity contribution in [3.63, 3.8) is 0 Å². The molecule has 0 amide bonds. The van der Waals surface area contributed by atoms with Gasteiger partial charge < -0.3 is 9.47 Å². The number of nitro benzene ring substituents is 1. The summed E-state index contributed by atoms with van der Waals surface area (Å²) in [4.78, 5) is 22.0. The lowest BCUT2D eigenvalue weighted by Gasteiger charge is -2.10. The zero-order valence-corrected chi connectivity index (χ0v) is 12.2. The molecule has 0 heterocycles. The highest BCUT2D eigenvalue weighted by Crippen LogP contribution is 2.35. The Kier molecular flexibility index (Phi) is 5.91. The molecule has 104 valence electrons. The highest BCUT2D eigenvalue weighted by Gasteiger charge is 2.23. The van der Waals surface area contributed by atoms with Gasteiger partial charge in [0.2, 0.25) is 5.75 Å². The molecule has 0 aliphatic heterocycles. The van der Waals surface area contributed by atoms with Crippen molar-refractivity contribution in [2.45, 2.75) is 13.3 Å². The maximum atomic E-state index is 11.5. The molecule has 0 unspecified atom stereocenters. The third-order valence-electron chi connectivity index (χ3n) is 2.35. The number of rotatable bonds is 7. The number of carbonyl (C=O) groups excluding carboxylic acids is 1. The Labute approximate surface area is 119 Å². The Hall–Kier alpha value is -1.47. The van der Waals surface area contributed by atoms with Crippen molar-refractivity contribution in [1.82, 2.24) is 0 Å². The van der Waals surface area contributed by atoms with E-state index in [9.17, 15) is 14.9 Å². The predicted octanol–water partition coefficient (Wildman–Crippen LogP) is 2.98. The molecule has 0 N–H and O–H groups in total. The van der Waals surface area contributed by atoms with Crippen LogP contribution in [-0.2, 0) is 4.74 Å². The minimum atomic E-state index is -0.567. The van der Waals surface area contributed by atoms with Crippen molar-refractivity contribution in [1.29, 1.82) is 0 Å².